The van der Waals surface area contributed by atoms with E-state index in [0.717, 1.165) is 62.3 Å². The van der Waals surface area contributed by atoms with Crippen LogP contribution in [0.2, 0.25) is 0 Å². The Morgan fingerprint density at radius 1 is 1.15 bits per heavy atom. The first-order valence-corrected chi connectivity index (χ1v) is 9.01. The van der Waals surface area contributed by atoms with Crippen LogP contribution in [0.15, 0.2) is 24.8 Å². The molecule has 0 saturated carbocycles. The van der Waals surface area contributed by atoms with Gasteiger partial charge in [0, 0.05) is 49.8 Å². The Morgan fingerprint density at radius 2 is 2.00 bits per heavy atom. The summed E-state index contributed by atoms with van der Waals surface area (Å²) >= 11 is 0. The van der Waals surface area contributed by atoms with E-state index in [1.54, 1.807) is 18.6 Å². The van der Waals surface area contributed by atoms with Gasteiger partial charge in [-0.05, 0) is 25.7 Å². The summed E-state index contributed by atoms with van der Waals surface area (Å²) in [4.78, 5) is 31.4. The van der Waals surface area contributed by atoms with E-state index in [0.29, 0.717) is 5.95 Å². The highest BCUT2D eigenvalue weighted by atomic mass is 16.5. The summed E-state index contributed by atoms with van der Waals surface area (Å²) in [6.07, 6.45) is 10.2. The molecule has 0 aliphatic carbocycles. The predicted octanol–water partition coefficient (Wildman–Crippen LogP) is 1.49. The Bertz CT molecular complexity index is 771. The van der Waals surface area contributed by atoms with E-state index >= 15 is 0 Å². The molecule has 4 rings (SSSR count). The van der Waals surface area contributed by atoms with Crippen molar-refractivity contribution in [2.75, 3.05) is 24.6 Å². The standard InChI is InChI=1S/C18H22N6O2/c19-17(25)12-3-7-24(8-4-12)18-22-10-13(14-11-20-5-6-21-14)16(23-18)15-2-1-9-26-15/h5-6,10-12,15H,1-4,7-9H2,(H2,19,25)/t15-/m1/s1. The Balaban J connectivity index is 1.63. The van der Waals surface area contributed by atoms with Crippen molar-refractivity contribution in [1.29, 1.82) is 0 Å². The molecule has 8 nitrogen and oxygen atoms in total. The van der Waals surface area contributed by atoms with Crippen LogP contribution in [0.4, 0.5) is 5.95 Å². The van der Waals surface area contributed by atoms with Crippen LogP contribution in [0, 0.1) is 5.92 Å². The Kier molecular flexibility index (Phi) is 4.75. The zero-order valence-electron chi connectivity index (χ0n) is 14.5. The Hall–Kier alpha value is -2.61. The van der Waals surface area contributed by atoms with Crippen LogP contribution in [0.3, 0.4) is 0 Å². The fraction of sp³-hybridized carbons (Fsp3) is 0.500. The van der Waals surface area contributed by atoms with E-state index < -0.39 is 0 Å². The molecule has 2 N–H and O–H groups in total. The Morgan fingerprint density at radius 3 is 2.65 bits per heavy atom. The molecule has 1 amide bonds. The van der Waals surface area contributed by atoms with Crippen molar-refractivity contribution in [3.8, 4) is 11.3 Å². The van der Waals surface area contributed by atoms with Crippen molar-refractivity contribution >= 4 is 11.9 Å². The number of hydrogen-bond donors (Lipinski definition) is 1. The molecular formula is C18H22N6O2. The van der Waals surface area contributed by atoms with Gasteiger partial charge in [-0.1, -0.05) is 0 Å². The summed E-state index contributed by atoms with van der Waals surface area (Å²) in [5.41, 5.74) is 7.90. The number of nitrogens with two attached hydrogens (primary N) is 1. The van der Waals surface area contributed by atoms with Crippen molar-refractivity contribution < 1.29 is 9.53 Å². The lowest BCUT2D eigenvalue weighted by Gasteiger charge is -2.31. The van der Waals surface area contributed by atoms with Gasteiger partial charge in [-0.25, -0.2) is 9.97 Å². The summed E-state index contributed by atoms with van der Waals surface area (Å²) in [7, 11) is 0. The van der Waals surface area contributed by atoms with Gasteiger partial charge < -0.3 is 15.4 Å². The molecule has 0 aromatic carbocycles. The van der Waals surface area contributed by atoms with Crippen LogP contribution in [-0.2, 0) is 9.53 Å². The van der Waals surface area contributed by atoms with Crippen molar-refractivity contribution in [1.82, 2.24) is 19.9 Å². The second kappa shape index (κ2) is 7.33. The summed E-state index contributed by atoms with van der Waals surface area (Å²) in [6, 6.07) is 0. The largest absolute Gasteiger partial charge is 0.372 e. The van der Waals surface area contributed by atoms with Crippen LogP contribution in [0.5, 0.6) is 0 Å². The number of anilines is 1. The van der Waals surface area contributed by atoms with Crippen molar-refractivity contribution in [3.05, 3.63) is 30.5 Å². The van der Waals surface area contributed by atoms with Crippen LogP contribution < -0.4 is 10.6 Å². The van der Waals surface area contributed by atoms with Gasteiger partial charge in [0.25, 0.3) is 0 Å². The molecule has 2 aliphatic heterocycles. The van der Waals surface area contributed by atoms with Crippen molar-refractivity contribution in [2.24, 2.45) is 11.7 Å². The van der Waals surface area contributed by atoms with E-state index in [9.17, 15) is 4.79 Å². The molecular weight excluding hydrogens is 332 g/mol. The van der Waals surface area contributed by atoms with Crippen LogP contribution >= 0.6 is 0 Å². The summed E-state index contributed by atoms with van der Waals surface area (Å²) in [5, 5.41) is 0. The van der Waals surface area contributed by atoms with E-state index in [4.69, 9.17) is 15.5 Å². The van der Waals surface area contributed by atoms with Gasteiger partial charge in [0.05, 0.1) is 17.6 Å². The Labute approximate surface area is 151 Å². The van der Waals surface area contributed by atoms with Crippen LogP contribution in [-0.4, -0.2) is 45.5 Å². The maximum absolute atomic E-state index is 11.4. The van der Waals surface area contributed by atoms with Gasteiger partial charge in [0.2, 0.25) is 11.9 Å². The number of carbonyl (C=O) groups excluding carboxylic acids is 1. The highest BCUT2D eigenvalue weighted by Crippen LogP contribution is 2.34. The molecule has 8 heteroatoms. The second-order valence-corrected chi connectivity index (χ2v) is 6.72. The molecule has 4 heterocycles. The number of piperidine rings is 1. The first-order valence-electron chi connectivity index (χ1n) is 9.01. The van der Waals surface area contributed by atoms with Gasteiger partial charge in [-0.2, -0.15) is 0 Å². The maximum Gasteiger partial charge on any atom is 0.225 e. The van der Waals surface area contributed by atoms with Crippen LogP contribution in [0.1, 0.15) is 37.5 Å². The fourth-order valence-corrected chi connectivity index (χ4v) is 3.58. The molecule has 136 valence electrons. The zero-order chi connectivity index (χ0) is 17.9. The highest BCUT2D eigenvalue weighted by Gasteiger charge is 2.28. The number of hydrogen-bond acceptors (Lipinski definition) is 7. The molecule has 2 aliphatic rings. The number of amides is 1. The van der Waals surface area contributed by atoms with Gasteiger partial charge in [0.1, 0.15) is 6.10 Å². The quantitative estimate of drug-likeness (QED) is 0.886. The molecule has 0 spiro atoms. The third kappa shape index (κ3) is 3.37. The molecule has 2 saturated heterocycles. The third-order valence-corrected chi connectivity index (χ3v) is 5.06. The number of aromatic nitrogens is 4. The van der Waals surface area contributed by atoms with Crippen molar-refractivity contribution in [3.63, 3.8) is 0 Å². The van der Waals surface area contributed by atoms with E-state index in [2.05, 4.69) is 19.9 Å². The number of carbonyl (C=O) groups is 1. The van der Waals surface area contributed by atoms with Gasteiger partial charge >= 0.3 is 0 Å². The smallest absolute Gasteiger partial charge is 0.225 e. The molecule has 1 atom stereocenters. The minimum Gasteiger partial charge on any atom is -0.372 e. The SMILES string of the molecule is NC(=O)C1CCN(c2ncc(-c3cnccn3)c([C@H]3CCCO3)n2)CC1. The topological polar surface area (TPSA) is 107 Å². The first-order chi connectivity index (χ1) is 12.7. The molecule has 0 bridgehead atoms. The van der Waals surface area contributed by atoms with Crippen LogP contribution in [0.25, 0.3) is 11.3 Å². The lowest BCUT2D eigenvalue weighted by Crippen LogP contribution is -2.39. The summed E-state index contributed by atoms with van der Waals surface area (Å²) < 4.78 is 5.87. The first kappa shape index (κ1) is 16.8. The lowest BCUT2D eigenvalue weighted by atomic mass is 9.96. The van der Waals surface area contributed by atoms with E-state index in [1.807, 2.05) is 6.20 Å². The van der Waals surface area contributed by atoms with Gasteiger partial charge in [-0.3, -0.25) is 14.8 Å². The highest BCUT2D eigenvalue weighted by molar-refractivity contribution is 5.77. The fourth-order valence-electron chi connectivity index (χ4n) is 3.58. The number of ether oxygens (including phenoxy) is 1. The molecule has 0 unspecified atom stereocenters. The summed E-state index contributed by atoms with van der Waals surface area (Å²) in [6.45, 7) is 2.19. The zero-order valence-corrected chi connectivity index (χ0v) is 14.5. The van der Waals surface area contributed by atoms with Gasteiger partial charge in [0.15, 0.2) is 0 Å². The average molecular weight is 354 g/mol. The molecule has 26 heavy (non-hydrogen) atoms. The maximum atomic E-state index is 11.4. The normalized spacial score (nSPS) is 21.1. The average Bonchev–Trinajstić information content (AvgIpc) is 3.23. The number of nitrogens with zero attached hydrogens (tertiary/aromatic N) is 5. The van der Waals surface area contributed by atoms with Gasteiger partial charge in [-0.15, -0.1) is 0 Å². The molecule has 2 aromatic heterocycles. The summed E-state index contributed by atoms with van der Waals surface area (Å²) in [5.74, 6) is 0.400. The van der Waals surface area contributed by atoms with Crippen molar-refractivity contribution in [2.45, 2.75) is 31.8 Å². The third-order valence-electron chi connectivity index (χ3n) is 5.06. The number of primary amides is 1. The van der Waals surface area contributed by atoms with E-state index in [-0.39, 0.29) is 17.9 Å². The second-order valence-electron chi connectivity index (χ2n) is 6.72. The lowest BCUT2D eigenvalue weighted by molar-refractivity contribution is -0.122. The molecule has 0 radical (unpaired) electrons. The minimum atomic E-state index is -0.219. The monoisotopic (exact) mass is 354 g/mol. The predicted molar refractivity (Wildman–Crippen MR) is 95.1 cm³/mol. The number of rotatable bonds is 4. The molecule has 2 aromatic rings. The van der Waals surface area contributed by atoms with E-state index in [1.165, 1.54) is 0 Å². The minimum absolute atomic E-state index is 0.0445. The molecule has 2 fully saturated rings.